The number of amides is 3. The highest BCUT2D eigenvalue weighted by Gasteiger charge is 2.30. The van der Waals surface area contributed by atoms with E-state index in [1.54, 1.807) is 0 Å². The number of carboxylic acids is 3. The molecule has 15 nitrogen and oxygen atoms in total. The van der Waals surface area contributed by atoms with Gasteiger partial charge in [0.15, 0.2) is 0 Å². The van der Waals surface area contributed by atoms with Crippen LogP contribution in [0.25, 0.3) is 0 Å². The van der Waals surface area contributed by atoms with Crippen LogP contribution in [0.4, 0.5) is 0 Å². The van der Waals surface area contributed by atoms with Crippen molar-refractivity contribution in [1.82, 2.24) is 16.0 Å². The molecular formula is C22H30N4O11. The Kier molecular flexibility index (Phi) is 12.5. The van der Waals surface area contributed by atoms with Crippen LogP contribution in [0.5, 0.6) is 5.75 Å². The minimum Gasteiger partial charge on any atom is -0.508 e. The summed E-state index contributed by atoms with van der Waals surface area (Å²) in [5.41, 5.74) is 6.48. The van der Waals surface area contributed by atoms with Gasteiger partial charge in [-0.3, -0.25) is 24.0 Å². The van der Waals surface area contributed by atoms with Gasteiger partial charge in [-0.1, -0.05) is 12.1 Å². The number of carbonyl (C=O) groups excluding carboxylic acids is 3. The van der Waals surface area contributed by atoms with Gasteiger partial charge in [0.2, 0.25) is 17.7 Å². The second-order valence-electron chi connectivity index (χ2n) is 8.05. The molecule has 0 radical (unpaired) electrons. The zero-order valence-electron chi connectivity index (χ0n) is 19.6. The quantitative estimate of drug-likeness (QED) is 0.108. The number of hydrogen-bond acceptors (Lipinski definition) is 9. The molecule has 37 heavy (non-hydrogen) atoms. The highest BCUT2D eigenvalue weighted by atomic mass is 16.4. The average Bonchev–Trinajstić information content (AvgIpc) is 2.83. The van der Waals surface area contributed by atoms with E-state index in [-0.39, 0.29) is 12.2 Å². The number of nitrogens with one attached hydrogen (secondary N) is 3. The van der Waals surface area contributed by atoms with Crippen molar-refractivity contribution in [2.24, 2.45) is 5.73 Å². The number of phenols is 1. The molecule has 1 rings (SSSR count). The maximum atomic E-state index is 12.9. The topological polar surface area (TPSA) is 266 Å². The number of rotatable bonds is 16. The largest absolute Gasteiger partial charge is 0.508 e. The lowest BCUT2D eigenvalue weighted by Crippen LogP contribution is -2.57. The lowest BCUT2D eigenvalue weighted by Gasteiger charge is -2.24. The van der Waals surface area contributed by atoms with Crippen molar-refractivity contribution < 1.29 is 54.3 Å². The van der Waals surface area contributed by atoms with Crippen molar-refractivity contribution in [2.45, 2.75) is 56.3 Å². The van der Waals surface area contributed by atoms with E-state index in [1.165, 1.54) is 24.3 Å². The van der Waals surface area contributed by atoms with Gasteiger partial charge in [0, 0.05) is 12.8 Å². The summed E-state index contributed by atoms with van der Waals surface area (Å²) in [5.74, 6) is -7.14. The number of aromatic hydroxyl groups is 1. The first-order chi connectivity index (χ1) is 17.3. The van der Waals surface area contributed by atoms with Gasteiger partial charge in [0.1, 0.15) is 23.9 Å². The number of carbonyl (C=O) groups is 6. The summed E-state index contributed by atoms with van der Waals surface area (Å²) < 4.78 is 0. The minimum atomic E-state index is -1.72. The number of nitrogens with two attached hydrogens (primary N) is 1. The van der Waals surface area contributed by atoms with Crippen LogP contribution in [-0.4, -0.2) is 91.9 Å². The molecule has 0 spiro atoms. The highest BCUT2D eigenvalue weighted by Crippen LogP contribution is 2.11. The summed E-state index contributed by atoms with van der Waals surface area (Å²) in [5, 5.41) is 51.9. The van der Waals surface area contributed by atoms with Crippen molar-refractivity contribution in [1.29, 1.82) is 0 Å². The normalized spacial score (nSPS) is 13.9. The molecule has 15 heteroatoms. The first-order valence-corrected chi connectivity index (χ1v) is 11.1. The predicted molar refractivity (Wildman–Crippen MR) is 124 cm³/mol. The Labute approximate surface area is 210 Å². The fraction of sp³-hybridized carbons (Fsp3) is 0.455. The molecule has 4 unspecified atom stereocenters. The van der Waals surface area contributed by atoms with Gasteiger partial charge in [0.05, 0.1) is 12.6 Å². The molecule has 1 aromatic carbocycles. The molecule has 0 heterocycles. The molecule has 0 aliphatic heterocycles. The Morgan fingerprint density at radius 2 is 1.16 bits per heavy atom. The number of aliphatic hydroxyl groups excluding tert-OH is 1. The number of hydrogen-bond donors (Lipinski definition) is 9. The summed E-state index contributed by atoms with van der Waals surface area (Å²) >= 11 is 0. The molecule has 0 aliphatic rings. The zero-order valence-corrected chi connectivity index (χ0v) is 19.6. The first-order valence-electron chi connectivity index (χ1n) is 11.1. The molecule has 4 atom stereocenters. The van der Waals surface area contributed by atoms with E-state index >= 15 is 0 Å². The fourth-order valence-corrected chi connectivity index (χ4v) is 3.06. The standard InChI is InChI=1S/C22H30N4O11/c23-13(9-11-1-3-12(28)4-2-11)19(33)24-14(5-7-17(29)30)20(34)25-15(6-8-18(31)32)21(35)26-16(10-27)22(36)37/h1-4,13-16,27-28H,5-10,23H2,(H,24,33)(H,25,34)(H,26,35)(H,29,30)(H,31,32)(H,36,37). The molecule has 0 saturated carbocycles. The van der Waals surface area contributed by atoms with Crippen LogP contribution in [-0.2, 0) is 35.2 Å². The Bertz CT molecular complexity index is 983. The zero-order chi connectivity index (χ0) is 28.1. The molecule has 1 aromatic rings. The smallest absolute Gasteiger partial charge is 0.328 e. The van der Waals surface area contributed by atoms with Gasteiger partial charge >= 0.3 is 17.9 Å². The number of phenolic OH excluding ortho intramolecular Hbond substituents is 1. The van der Waals surface area contributed by atoms with Gasteiger partial charge in [-0.05, 0) is 37.0 Å². The van der Waals surface area contributed by atoms with Gasteiger partial charge in [-0.2, -0.15) is 0 Å². The molecule has 0 fully saturated rings. The number of aliphatic hydroxyl groups is 1. The van der Waals surface area contributed by atoms with Crippen LogP contribution in [0.2, 0.25) is 0 Å². The van der Waals surface area contributed by atoms with E-state index < -0.39 is 92.1 Å². The Hall–Kier alpha value is -4.24. The monoisotopic (exact) mass is 526 g/mol. The third-order valence-electron chi connectivity index (χ3n) is 5.09. The van der Waals surface area contributed by atoms with Crippen LogP contribution >= 0.6 is 0 Å². The van der Waals surface area contributed by atoms with Crippen molar-refractivity contribution in [3.8, 4) is 5.75 Å². The molecule has 0 saturated heterocycles. The Morgan fingerprint density at radius 3 is 1.57 bits per heavy atom. The lowest BCUT2D eigenvalue weighted by atomic mass is 10.0. The Morgan fingerprint density at radius 1 is 0.730 bits per heavy atom. The van der Waals surface area contributed by atoms with E-state index in [9.17, 15) is 33.9 Å². The second-order valence-corrected chi connectivity index (χ2v) is 8.05. The summed E-state index contributed by atoms with van der Waals surface area (Å²) in [6, 6.07) is -0.129. The van der Waals surface area contributed by atoms with Crippen molar-refractivity contribution in [2.75, 3.05) is 6.61 Å². The molecule has 0 aromatic heterocycles. The number of aliphatic carboxylic acids is 3. The maximum Gasteiger partial charge on any atom is 0.328 e. The molecule has 0 aliphatic carbocycles. The van der Waals surface area contributed by atoms with E-state index in [2.05, 4.69) is 10.6 Å². The number of carboxylic acid groups (broad SMARTS) is 3. The number of benzene rings is 1. The van der Waals surface area contributed by atoms with E-state index in [4.69, 9.17) is 26.2 Å². The van der Waals surface area contributed by atoms with E-state index in [0.29, 0.717) is 5.56 Å². The van der Waals surface area contributed by atoms with Crippen LogP contribution in [0.15, 0.2) is 24.3 Å². The Balaban J connectivity index is 3.00. The van der Waals surface area contributed by atoms with Crippen LogP contribution in [0, 0.1) is 0 Å². The van der Waals surface area contributed by atoms with Crippen molar-refractivity contribution in [3.05, 3.63) is 29.8 Å². The second kappa shape index (κ2) is 15.0. The summed E-state index contributed by atoms with van der Waals surface area (Å²) in [6.45, 7) is -0.975. The summed E-state index contributed by atoms with van der Waals surface area (Å²) in [4.78, 5) is 71.1. The molecule has 10 N–H and O–H groups in total. The minimum absolute atomic E-state index is 0.00216. The molecule has 3 amide bonds. The summed E-state index contributed by atoms with van der Waals surface area (Å²) in [7, 11) is 0. The third-order valence-corrected chi connectivity index (χ3v) is 5.09. The third kappa shape index (κ3) is 11.4. The first kappa shape index (κ1) is 30.8. The average molecular weight is 526 g/mol. The van der Waals surface area contributed by atoms with E-state index in [1.807, 2.05) is 5.32 Å². The van der Waals surface area contributed by atoms with Gasteiger partial charge in [-0.15, -0.1) is 0 Å². The van der Waals surface area contributed by atoms with Crippen molar-refractivity contribution >= 4 is 35.6 Å². The molecular weight excluding hydrogens is 496 g/mol. The summed E-state index contributed by atoms with van der Waals surface area (Å²) in [6.07, 6.45) is -2.01. The SMILES string of the molecule is NC(Cc1ccc(O)cc1)C(=O)NC(CCC(=O)O)C(=O)NC(CCC(=O)O)C(=O)NC(CO)C(=O)O. The van der Waals surface area contributed by atoms with Gasteiger partial charge in [-0.25, -0.2) is 4.79 Å². The van der Waals surface area contributed by atoms with Gasteiger partial charge < -0.3 is 47.2 Å². The highest BCUT2D eigenvalue weighted by molar-refractivity contribution is 5.94. The van der Waals surface area contributed by atoms with Crippen LogP contribution < -0.4 is 21.7 Å². The fourth-order valence-electron chi connectivity index (χ4n) is 3.06. The van der Waals surface area contributed by atoms with E-state index in [0.717, 1.165) is 0 Å². The van der Waals surface area contributed by atoms with Crippen LogP contribution in [0.3, 0.4) is 0 Å². The predicted octanol–water partition coefficient (Wildman–Crippen LogP) is -2.48. The molecule has 204 valence electrons. The maximum absolute atomic E-state index is 12.9. The van der Waals surface area contributed by atoms with Crippen LogP contribution in [0.1, 0.15) is 31.2 Å². The van der Waals surface area contributed by atoms with Gasteiger partial charge in [0.25, 0.3) is 0 Å². The lowest BCUT2D eigenvalue weighted by molar-refractivity contribution is -0.144. The van der Waals surface area contributed by atoms with Crippen molar-refractivity contribution in [3.63, 3.8) is 0 Å². The molecule has 0 bridgehead atoms.